The van der Waals surface area contributed by atoms with E-state index >= 15 is 0 Å². The molecule has 0 amide bonds. The van der Waals surface area contributed by atoms with Crippen molar-refractivity contribution in [1.82, 2.24) is 10.6 Å². The number of nitrogens with one attached hydrogen (secondary N) is 2. The number of rotatable bonds is 8. The van der Waals surface area contributed by atoms with Crippen molar-refractivity contribution in [1.29, 1.82) is 0 Å². The van der Waals surface area contributed by atoms with Gasteiger partial charge in [0, 0.05) is 25.0 Å². The maximum absolute atomic E-state index is 3.83. The van der Waals surface area contributed by atoms with Crippen LogP contribution in [0, 0.1) is 0 Å². The molecule has 1 aliphatic carbocycles. The summed E-state index contributed by atoms with van der Waals surface area (Å²) in [7, 11) is 0. The molecule has 1 saturated carbocycles. The molecule has 1 aliphatic rings. The fourth-order valence-corrected chi connectivity index (χ4v) is 1.52. The molecule has 0 bridgehead atoms. The van der Waals surface area contributed by atoms with Crippen LogP contribution in [0.2, 0.25) is 0 Å². The van der Waals surface area contributed by atoms with Gasteiger partial charge in [0.15, 0.2) is 0 Å². The van der Waals surface area contributed by atoms with Crippen LogP contribution in [0.3, 0.4) is 0 Å². The van der Waals surface area contributed by atoms with Gasteiger partial charge in [-0.15, -0.1) is 0 Å². The molecule has 14 heavy (non-hydrogen) atoms. The summed E-state index contributed by atoms with van der Waals surface area (Å²) in [4.78, 5) is 0. The molecule has 1 rings (SSSR count). The topological polar surface area (TPSA) is 51.7 Å². The second-order valence-corrected chi connectivity index (χ2v) is 3.92. The Morgan fingerprint density at radius 2 is 1.71 bits per heavy atom. The summed E-state index contributed by atoms with van der Waals surface area (Å²) in [6.07, 6.45) is 5.13. The Kier molecular flexibility index (Phi) is 8.58. The maximum atomic E-state index is 3.83. The van der Waals surface area contributed by atoms with Gasteiger partial charge in [0.25, 0.3) is 0 Å². The Labute approximate surface area is 93.6 Å². The molecule has 4 heteroatoms. The van der Waals surface area contributed by atoms with E-state index in [-0.39, 0.29) is 12.4 Å². The second-order valence-electron chi connectivity index (χ2n) is 3.92. The smallest absolute Gasteiger partial charge is 0.0752 e. The molecule has 86 valence electrons. The Balaban J connectivity index is 0.00000169. The fourth-order valence-electron chi connectivity index (χ4n) is 1.52. The predicted octanol–water partition coefficient (Wildman–Crippen LogP) is -3.26. The molecular weight excluding hydrogens is 198 g/mol. The Morgan fingerprint density at radius 1 is 1.14 bits per heavy atom. The van der Waals surface area contributed by atoms with Crippen molar-refractivity contribution in [3.63, 3.8) is 0 Å². The third kappa shape index (κ3) is 5.81. The van der Waals surface area contributed by atoms with E-state index in [0.717, 1.165) is 25.2 Å². The van der Waals surface area contributed by atoms with Crippen LogP contribution in [-0.4, -0.2) is 31.7 Å². The van der Waals surface area contributed by atoms with Crippen molar-refractivity contribution in [2.45, 2.75) is 44.7 Å². The molecule has 2 atom stereocenters. The summed E-state index contributed by atoms with van der Waals surface area (Å²) in [5, 5.41) is 7.09. The van der Waals surface area contributed by atoms with Crippen molar-refractivity contribution < 1.29 is 18.1 Å². The predicted molar refractivity (Wildman–Crippen MR) is 55.5 cm³/mol. The zero-order valence-corrected chi connectivity index (χ0v) is 9.95. The number of hydrogen-bond donors (Lipinski definition) is 3. The van der Waals surface area contributed by atoms with E-state index in [9.17, 15) is 0 Å². The summed E-state index contributed by atoms with van der Waals surface area (Å²) in [6.45, 7) is 5.61. The van der Waals surface area contributed by atoms with E-state index < -0.39 is 0 Å². The lowest BCUT2D eigenvalue weighted by Crippen LogP contribution is -3.00. The van der Waals surface area contributed by atoms with E-state index in [1.807, 2.05) is 0 Å². The molecular formula is C10H24ClN3. The van der Waals surface area contributed by atoms with E-state index in [4.69, 9.17) is 0 Å². The zero-order chi connectivity index (χ0) is 9.52. The highest BCUT2D eigenvalue weighted by Crippen LogP contribution is 2.20. The van der Waals surface area contributed by atoms with Crippen LogP contribution >= 0.6 is 0 Å². The second kappa shape index (κ2) is 8.48. The quantitative estimate of drug-likeness (QED) is 0.377. The lowest BCUT2D eigenvalue weighted by Gasteiger charge is -2.03. The van der Waals surface area contributed by atoms with Gasteiger partial charge in [0.05, 0.1) is 6.54 Å². The van der Waals surface area contributed by atoms with E-state index in [1.165, 1.54) is 32.2 Å². The standard InChI is InChI=1S/C10H23N3.ClH/c1-2-3-6-12-9-8-10(9)13-7-4-5-11;/h9-10,12-13H,2-8,11H2,1H3;1H. The first kappa shape index (κ1) is 14.2. The number of quaternary nitrogens is 1. The molecule has 1 fully saturated rings. The lowest BCUT2D eigenvalue weighted by molar-refractivity contribution is -0.367. The van der Waals surface area contributed by atoms with Gasteiger partial charge in [-0.1, -0.05) is 13.3 Å². The monoisotopic (exact) mass is 221 g/mol. The van der Waals surface area contributed by atoms with Gasteiger partial charge >= 0.3 is 0 Å². The number of halogens is 1. The van der Waals surface area contributed by atoms with Gasteiger partial charge in [-0.2, -0.15) is 0 Å². The van der Waals surface area contributed by atoms with Crippen LogP contribution in [0.15, 0.2) is 0 Å². The average molecular weight is 222 g/mol. The zero-order valence-electron chi connectivity index (χ0n) is 9.19. The number of unbranched alkanes of at least 4 members (excludes halogenated alkanes) is 1. The van der Waals surface area contributed by atoms with Crippen LogP contribution in [0.5, 0.6) is 0 Å². The molecule has 0 aromatic heterocycles. The molecule has 3 nitrogen and oxygen atoms in total. The largest absolute Gasteiger partial charge is 1.00 e. The molecule has 0 aromatic rings. The van der Waals surface area contributed by atoms with Crippen molar-refractivity contribution in [3.8, 4) is 0 Å². The first-order chi connectivity index (χ1) is 6.38. The molecule has 0 spiro atoms. The summed E-state index contributed by atoms with van der Waals surface area (Å²) < 4.78 is 0. The van der Waals surface area contributed by atoms with Crippen molar-refractivity contribution in [2.24, 2.45) is 0 Å². The molecule has 0 heterocycles. The van der Waals surface area contributed by atoms with Crippen LogP contribution < -0.4 is 28.8 Å². The lowest BCUT2D eigenvalue weighted by atomic mass is 10.3. The van der Waals surface area contributed by atoms with Crippen LogP contribution in [0.4, 0.5) is 0 Å². The van der Waals surface area contributed by atoms with E-state index in [1.54, 1.807) is 0 Å². The minimum atomic E-state index is 0. The van der Waals surface area contributed by atoms with E-state index in [0.29, 0.717) is 0 Å². The normalized spacial score (nSPS) is 24.4. The minimum absolute atomic E-state index is 0. The Hall–Kier alpha value is 0.170. The SMILES string of the molecule is CCCCNC1CC1NCCC[NH3+].[Cl-]. The first-order valence-corrected chi connectivity index (χ1v) is 5.64. The minimum Gasteiger partial charge on any atom is -1.00 e. The highest BCUT2D eigenvalue weighted by atomic mass is 35.5. The Bertz CT molecular complexity index is 119. The van der Waals surface area contributed by atoms with Gasteiger partial charge in [-0.3, -0.25) is 0 Å². The van der Waals surface area contributed by atoms with Gasteiger partial charge in [-0.05, 0) is 19.4 Å². The molecule has 0 saturated heterocycles. The van der Waals surface area contributed by atoms with Crippen LogP contribution in [0.25, 0.3) is 0 Å². The van der Waals surface area contributed by atoms with Gasteiger partial charge < -0.3 is 28.8 Å². The molecule has 5 N–H and O–H groups in total. The third-order valence-electron chi connectivity index (χ3n) is 2.56. The van der Waals surface area contributed by atoms with Gasteiger partial charge in [-0.25, -0.2) is 0 Å². The molecule has 2 unspecified atom stereocenters. The fraction of sp³-hybridized carbons (Fsp3) is 1.00. The van der Waals surface area contributed by atoms with Gasteiger partial charge in [0.1, 0.15) is 0 Å². The summed E-state index contributed by atoms with van der Waals surface area (Å²) in [5.41, 5.74) is 3.83. The Morgan fingerprint density at radius 3 is 2.21 bits per heavy atom. The number of hydrogen-bond acceptors (Lipinski definition) is 2. The first-order valence-electron chi connectivity index (χ1n) is 5.64. The maximum Gasteiger partial charge on any atom is 0.0752 e. The van der Waals surface area contributed by atoms with E-state index in [2.05, 4.69) is 23.3 Å². The highest BCUT2D eigenvalue weighted by Gasteiger charge is 2.35. The highest BCUT2D eigenvalue weighted by molar-refractivity contribution is 4.99. The van der Waals surface area contributed by atoms with Crippen molar-refractivity contribution in [2.75, 3.05) is 19.6 Å². The van der Waals surface area contributed by atoms with Crippen LogP contribution in [0.1, 0.15) is 32.6 Å². The molecule has 0 radical (unpaired) electrons. The summed E-state index contributed by atoms with van der Waals surface area (Å²) in [5.74, 6) is 0. The molecule has 0 aromatic carbocycles. The average Bonchev–Trinajstić information content (AvgIpc) is 2.85. The van der Waals surface area contributed by atoms with Crippen molar-refractivity contribution >= 4 is 0 Å². The summed E-state index contributed by atoms with van der Waals surface area (Å²) in [6, 6.07) is 1.51. The summed E-state index contributed by atoms with van der Waals surface area (Å²) >= 11 is 0. The van der Waals surface area contributed by atoms with Crippen molar-refractivity contribution in [3.05, 3.63) is 0 Å². The molecule has 0 aliphatic heterocycles. The van der Waals surface area contributed by atoms with Gasteiger partial charge in [0.2, 0.25) is 0 Å². The third-order valence-corrected chi connectivity index (χ3v) is 2.56. The van der Waals surface area contributed by atoms with Crippen LogP contribution in [-0.2, 0) is 0 Å².